The highest BCUT2D eigenvalue weighted by atomic mass is 16.2. The van der Waals surface area contributed by atoms with Crippen LogP contribution in [0.1, 0.15) is 66.7 Å². The highest BCUT2D eigenvalue weighted by Crippen LogP contribution is 2.48. The van der Waals surface area contributed by atoms with E-state index in [0.717, 1.165) is 19.3 Å². The first-order valence-corrected chi connectivity index (χ1v) is 6.83. The number of ketones is 2. The standard InChI is InChI=1S/C15H26O2/c1-6-7-8-15(11(2)3)9-12(16)14(4,5)13(17)10-15/h11H,6-10H2,1-5H3. The summed E-state index contributed by atoms with van der Waals surface area (Å²) in [6.45, 7) is 10.0. The molecular formula is C15H26O2. The second-order valence-corrected chi connectivity index (χ2v) is 6.45. The molecule has 1 aliphatic rings. The predicted molar refractivity (Wildman–Crippen MR) is 69.8 cm³/mol. The van der Waals surface area contributed by atoms with Crippen molar-refractivity contribution in [1.82, 2.24) is 0 Å². The van der Waals surface area contributed by atoms with Gasteiger partial charge in [-0.3, -0.25) is 9.59 Å². The molecule has 0 radical (unpaired) electrons. The van der Waals surface area contributed by atoms with Crippen molar-refractivity contribution in [3.8, 4) is 0 Å². The van der Waals surface area contributed by atoms with Crippen molar-refractivity contribution >= 4 is 11.6 Å². The molecule has 0 heterocycles. The molecule has 2 nitrogen and oxygen atoms in total. The molecule has 1 rings (SSSR count). The monoisotopic (exact) mass is 238 g/mol. The van der Waals surface area contributed by atoms with Gasteiger partial charge in [-0.25, -0.2) is 0 Å². The molecule has 0 unspecified atom stereocenters. The maximum atomic E-state index is 12.2. The summed E-state index contributed by atoms with van der Waals surface area (Å²) in [6, 6.07) is 0. The highest BCUT2D eigenvalue weighted by Gasteiger charge is 2.50. The lowest BCUT2D eigenvalue weighted by Gasteiger charge is -2.44. The van der Waals surface area contributed by atoms with Gasteiger partial charge in [-0.05, 0) is 31.6 Å². The first kappa shape index (κ1) is 14.4. The number of hydrogen-bond acceptors (Lipinski definition) is 2. The molecule has 17 heavy (non-hydrogen) atoms. The van der Waals surface area contributed by atoms with E-state index in [0.29, 0.717) is 18.8 Å². The third kappa shape index (κ3) is 2.61. The van der Waals surface area contributed by atoms with Gasteiger partial charge in [0.2, 0.25) is 0 Å². The van der Waals surface area contributed by atoms with Crippen molar-refractivity contribution < 1.29 is 9.59 Å². The summed E-state index contributed by atoms with van der Waals surface area (Å²) >= 11 is 0. The van der Waals surface area contributed by atoms with Crippen LogP contribution in [-0.4, -0.2) is 11.6 Å². The molecule has 0 spiro atoms. The van der Waals surface area contributed by atoms with Crippen LogP contribution >= 0.6 is 0 Å². The fraction of sp³-hybridized carbons (Fsp3) is 0.867. The molecule has 0 atom stereocenters. The van der Waals surface area contributed by atoms with E-state index in [4.69, 9.17) is 0 Å². The van der Waals surface area contributed by atoms with Crippen LogP contribution < -0.4 is 0 Å². The smallest absolute Gasteiger partial charge is 0.146 e. The number of Topliss-reactive ketones (excluding diaryl/α,β-unsaturated/α-hetero) is 2. The summed E-state index contributed by atoms with van der Waals surface area (Å²) < 4.78 is 0. The lowest BCUT2D eigenvalue weighted by Crippen LogP contribution is -2.48. The Kier molecular flexibility index (Phi) is 4.16. The fourth-order valence-corrected chi connectivity index (χ4v) is 2.70. The molecule has 0 aromatic rings. The number of unbranched alkanes of at least 4 members (excludes halogenated alkanes) is 1. The van der Waals surface area contributed by atoms with Crippen molar-refractivity contribution in [1.29, 1.82) is 0 Å². The van der Waals surface area contributed by atoms with E-state index < -0.39 is 5.41 Å². The van der Waals surface area contributed by atoms with E-state index in [1.54, 1.807) is 13.8 Å². The molecular weight excluding hydrogens is 212 g/mol. The summed E-state index contributed by atoms with van der Waals surface area (Å²) in [4.78, 5) is 24.4. The lowest BCUT2D eigenvalue weighted by atomic mass is 9.58. The number of rotatable bonds is 4. The summed E-state index contributed by atoms with van der Waals surface area (Å²) in [7, 11) is 0. The van der Waals surface area contributed by atoms with Gasteiger partial charge in [-0.1, -0.05) is 33.6 Å². The summed E-state index contributed by atoms with van der Waals surface area (Å²) in [6.07, 6.45) is 4.42. The molecule has 0 saturated heterocycles. The average molecular weight is 238 g/mol. The number of hydrogen-bond donors (Lipinski definition) is 0. The minimum absolute atomic E-state index is 0.0697. The maximum absolute atomic E-state index is 12.2. The molecule has 0 amide bonds. The van der Waals surface area contributed by atoms with E-state index >= 15 is 0 Å². The van der Waals surface area contributed by atoms with Crippen molar-refractivity contribution in [3.05, 3.63) is 0 Å². The van der Waals surface area contributed by atoms with Gasteiger partial charge in [0.05, 0.1) is 5.41 Å². The molecule has 0 N–H and O–H groups in total. The Morgan fingerprint density at radius 2 is 1.59 bits per heavy atom. The van der Waals surface area contributed by atoms with Gasteiger partial charge in [0.25, 0.3) is 0 Å². The molecule has 0 aromatic carbocycles. The van der Waals surface area contributed by atoms with Gasteiger partial charge < -0.3 is 0 Å². The molecule has 2 heteroatoms. The van der Waals surface area contributed by atoms with E-state index in [1.807, 2.05) is 0 Å². The summed E-state index contributed by atoms with van der Waals surface area (Å²) in [5.74, 6) is 0.676. The van der Waals surface area contributed by atoms with Crippen LogP contribution in [0.5, 0.6) is 0 Å². The molecule has 0 aromatic heterocycles. The van der Waals surface area contributed by atoms with Gasteiger partial charge >= 0.3 is 0 Å². The largest absolute Gasteiger partial charge is 0.299 e. The van der Waals surface area contributed by atoms with Crippen molar-refractivity contribution in [2.75, 3.05) is 0 Å². The Morgan fingerprint density at radius 3 is 1.94 bits per heavy atom. The van der Waals surface area contributed by atoms with Crippen LogP contribution in [0.3, 0.4) is 0 Å². The minimum Gasteiger partial charge on any atom is -0.299 e. The van der Waals surface area contributed by atoms with E-state index in [1.165, 1.54) is 0 Å². The minimum atomic E-state index is -0.745. The van der Waals surface area contributed by atoms with E-state index in [-0.39, 0.29) is 17.0 Å². The van der Waals surface area contributed by atoms with Crippen LogP contribution in [0.15, 0.2) is 0 Å². The molecule has 1 fully saturated rings. The van der Waals surface area contributed by atoms with Crippen LogP contribution in [0.4, 0.5) is 0 Å². The maximum Gasteiger partial charge on any atom is 0.146 e. The normalized spacial score (nSPS) is 23.2. The lowest BCUT2D eigenvalue weighted by molar-refractivity contribution is -0.148. The van der Waals surface area contributed by atoms with Crippen molar-refractivity contribution in [3.63, 3.8) is 0 Å². The van der Waals surface area contributed by atoms with Gasteiger partial charge in [0.1, 0.15) is 11.6 Å². The molecule has 98 valence electrons. The molecule has 0 aliphatic heterocycles. The predicted octanol–water partition coefficient (Wildman–Crippen LogP) is 3.78. The van der Waals surface area contributed by atoms with Gasteiger partial charge in [0, 0.05) is 12.8 Å². The molecule has 0 bridgehead atoms. The number of carbonyl (C=O) groups excluding carboxylic acids is 2. The average Bonchev–Trinajstić information content (AvgIpc) is 2.23. The first-order chi connectivity index (χ1) is 7.76. The zero-order valence-electron chi connectivity index (χ0n) is 11.9. The Labute approximate surface area is 105 Å². The molecule has 1 saturated carbocycles. The Bertz CT molecular complexity index is 293. The SMILES string of the molecule is CCCCC1(C(C)C)CC(=O)C(C)(C)C(=O)C1. The topological polar surface area (TPSA) is 34.1 Å². The van der Waals surface area contributed by atoms with Crippen LogP contribution in [0.2, 0.25) is 0 Å². The zero-order chi connectivity index (χ0) is 13.3. The Morgan fingerprint density at radius 1 is 1.12 bits per heavy atom. The van der Waals surface area contributed by atoms with Crippen LogP contribution in [-0.2, 0) is 9.59 Å². The van der Waals surface area contributed by atoms with Crippen molar-refractivity contribution in [2.24, 2.45) is 16.7 Å². The Hall–Kier alpha value is -0.660. The van der Waals surface area contributed by atoms with Gasteiger partial charge in [-0.2, -0.15) is 0 Å². The zero-order valence-corrected chi connectivity index (χ0v) is 11.9. The van der Waals surface area contributed by atoms with E-state index in [2.05, 4.69) is 20.8 Å². The second-order valence-electron chi connectivity index (χ2n) is 6.45. The first-order valence-electron chi connectivity index (χ1n) is 6.83. The third-order valence-electron chi connectivity index (χ3n) is 4.67. The van der Waals surface area contributed by atoms with Gasteiger partial charge in [0.15, 0.2) is 0 Å². The van der Waals surface area contributed by atoms with Gasteiger partial charge in [-0.15, -0.1) is 0 Å². The summed E-state index contributed by atoms with van der Waals surface area (Å²) in [5, 5.41) is 0. The molecule has 1 aliphatic carbocycles. The number of carbonyl (C=O) groups is 2. The van der Waals surface area contributed by atoms with Crippen LogP contribution in [0, 0.1) is 16.7 Å². The Balaban J connectivity index is 2.96. The fourth-order valence-electron chi connectivity index (χ4n) is 2.70. The summed E-state index contributed by atoms with van der Waals surface area (Å²) in [5.41, 5.74) is -0.815. The highest BCUT2D eigenvalue weighted by molar-refractivity contribution is 6.08. The van der Waals surface area contributed by atoms with E-state index in [9.17, 15) is 9.59 Å². The third-order valence-corrected chi connectivity index (χ3v) is 4.67. The van der Waals surface area contributed by atoms with Crippen LogP contribution in [0.25, 0.3) is 0 Å². The quantitative estimate of drug-likeness (QED) is 0.698. The van der Waals surface area contributed by atoms with Crippen molar-refractivity contribution in [2.45, 2.75) is 66.7 Å². The second kappa shape index (κ2) is 4.91.